The number of carboxylic acid groups (broad SMARTS) is 1. The van der Waals surface area contributed by atoms with Crippen LogP contribution in [-0.2, 0) is 9.59 Å². The molecule has 108 valence electrons. The van der Waals surface area contributed by atoms with Crippen LogP contribution in [0, 0.1) is 0 Å². The van der Waals surface area contributed by atoms with Crippen LogP contribution in [0.1, 0.15) is 18.9 Å². The Bertz CT molecular complexity index is 492. The molecule has 0 saturated carbocycles. The van der Waals surface area contributed by atoms with E-state index in [1.165, 1.54) is 6.08 Å². The summed E-state index contributed by atoms with van der Waals surface area (Å²) in [6, 6.07) is 6.84. The lowest BCUT2D eigenvalue weighted by molar-refractivity contribution is -0.141. The minimum atomic E-state index is -1.02. The summed E-state index contributed by atoms with van der Waals surface area (Å²) in [5.41, 5.74) is 1.96. The van der Waals surface area contributed by atoms with Crippen molar-refractivity contribution in [3.63, 3.8) is 0 Å². The lowest BCUT2D eigenvalue weighted by Gasteiger charge is -2.12. The Balaban J connectivity index is 2.63. The molecule has 1 aromatic carbocycles. The van der Waals surface area contributed by atoms with Crippen molar-refractivity contribution in [2.75, 3.05) is 19.0 Å². The molecule has 20 heavy (non-hydrogen) atoms. The Morgan fingerprint density at radius 2 is 1.90 bits per heavy atom. The number of rotatable bonds is 6. The first-order valence-corrected chi connectivity index (χ1v) is 6.42. The van der Waals surface area contributed by atoms with Gasteiger partial charge in [0.15, 0.2) is 0 Å². The molecule has 0 fully saturated rings. The van der Waals surface area contributed by atoms with Crippen LogP contribution in [0.3, 0.4) is 0 Å². The molecule has 1 rings (SSSR count). The zero-order valence-electron chi connectivity index (χ0n) is 12.0. The molecular weight excluding hydrogens is 256 g/mol. The number of hydrogen-bond donors (Lipinski definition) is 2. The predicted octanol–water partition coefficient (Wildman–Crippen LogP) is 1.75. The van der Waals surface area contributed by atoms with E-state index in [0.29, 0.717) is 6.42 Å². The smallest absolute Gasteiger partial charge is 0.326 e. The highest BCUT2D eigenvalue weighted by atomic mass is 16.4. The molecule has 0 saturated heterocycles. The second-order valence-electron chi connectivity index (χ2n) is 4.63. The molecule has 0 unspecified atom stereocenters. The van der Waals surface area contributed by atoms with Gasteiger partial charge in [-0.2, -0.15) is 0 Å². The van der Waals surface area contributed by atoms with Gasteiger partial charge in [-0.05, 0) is 30.2 Å². The summed E-state index contributed by atoms with van der Waals surface area (Å²) in [5, 5.41) is 11.3. The van der Waals surface area contributed by atoms with Gasteiger partial charge in [0.05, 0.1) is 0 Å². The van der Waals surface area contributed by atoms with Crippen LogP contribution in [0.5, 0.6) is 0 Å². The third-order valence-corrected chi connectivity index (χ3v) is 2.86. The summed E-state index contributed by atoms with van der Waals surface area (Å²) < 4.78 is 0. The molecule has 0 aliphatic carbocycles. The molecule has 0 aliphatic rings. The van der Waals surface area contributed by atoms with Crippen LogP contribution in [-0.4, -0.2) is 37.1 Å². The molecule has 0 radical (unpaired) electrons. The number of hydrogen-bond acceptors (Lipinski definition) is 3. The van der Waals surface area contributed by atoms with Gasteiger partial charge in [0.2, 0.25) is 5.91 Å². The molecule has 5 heteroatoms. The number of nitrogens with one attached hydrogen (secondary N) is 1. The van der Waals surface area contributed by atoms with Gasteiger partial charge >= 0.3 is 5.97 Å². The average molecular weight is 276 g/mol. The van der Waals surface area contributed by atoms with Crippen LogP contribution in [0.25, 0.3) is 6.08 Å². The Morgan fingerprint density at radius 3 is 2.35 bits per heavy atom. The maximum absolute atomic E-state index is 11.6. The van der Waals surface area contributed by atoms with E-state index in [0.717, 1.165) is 11.3 Å². The number of carboxylic acids is 1. The Kier molecular flexibility index (Phi) is 5.77. The first-order valence-electron chi connectivity index (χ1n) is 6.42. The Morgan fingerprint density at radius 1 is 1.30 bits per heavy atom. The predicted molar refractivity (Wildman–Crippen MR) is 79.7 cm³/mol. The van der Waals surface area contributed by atoms with Crippen molar-refractivity contribution in [3.05, 3.63) is 35.9 Å². The fourth-order valence-electron chi connectivity index (χ4n) is 1.61. The van der Waals surface area contributed by atoms with Crippen LogP contribution < -0.4 is 10.2 Å². The maximum atomic E-state index is 11.6. The van der Waals surface area contributed by atoms with E-state index < -0.39 is 17.9 Å². The summed E-state index contributed by atoms with van der Waals surface area (Å²) in [6.45, 7) is 1.71. The second kappa shape index (κ2) is 7.33. The molecular formula is C15H20N2O3. The largest absolute Gasteiger partial charge is 0.480 e. The highest BCUT2D eigenvalue weighted by Gasteiger charge is 2.15. The molecule has 0 aromatic heterocycles. The van der Waals surface area contributed by atoms with Gasteiger partial charge in [-0.25, -0.2) is 4.79 Å². The van der Waals surface area contributed by atoms with Gasteiger partial charge in [0.1, 0.15) is 6.04 Å². The van der Waals surface area contributed by atoms with Crippen molar-refractivity contribution in [1.29, 1.82) is 0 Å². The number of anilines is 1. The quantitative estimate of drug-likeness (QED) is 0.777. The van der Waals surface area contributed by atoms with Crippen LogP contribution in [0.15, 0.2) is 30.3 Å². The lowest BCUT2D eigenvalue weighted by Crippen LogP contribution is -2.39. The first-order chi connectivity index (χ1) is 9.43. The molecule has 1 atom stereocenters. The standard InChI is InChI=1S/C15H20N2O3/c1-4-13(15(19)20)16-14(18)10-7-11-5-8-12(9-6-11)17(2)3/h5-10,13H,4H2,1-3H3,(H,16,18)(H,19,20)/t13-/m1/s1. The van der Waals surface area contributed by atoms with Crippen molar-refractivity contribution in [2.45, 2.75) is 19.4 Å². The third kappa shape index (κ3) is 4.76. The fourth-order valence-corrected chi connectivity index (χ4v) is 1.61. The topological polar surface area (TPSA) is 69.6 Å². The SMILES string of the molecule is CC[C@@H](NC(=O)C=Cc1ccc(N(C)C)cc1)C(=O)O. The number of carbonyl (C=O) groups excluding carboxylic acids is 1. The average Bonchev–Trinajstić information content (AvgIpc) is 2.42. The summed E-state index contributed by atoms with van der Waals surface area (Å²) >= 11 is 0. The number of aliphatic carboxylic acids is 1. The van der Waals surface area contributed by atoms with Gasteiger partial charge in [-0.15, -0.1) is 0 Å². The van der Waals surface area contributed by atoms with E-state index in [-0.39, 0.29) is 0 Å². The summed E-state index contributed by atoms with van der Waals surface area (Å²) in [5.74, 6) is -1.43. The summed E-state index contributed by atoms with van der Waals surface area (Å²) in [7, 11) is 3.91. The van der Waals surface area contributed by atoms with Crippen molar-refractivity contribution in [1.82, 2.24) is 5.32 Å². The highest BCUT2D eigenvalue weighted by molar-refractivity contribution is 5.94. The molecule has 2 N–H and O–H groups in total. The minimum absolute atomic E-state index is 0.354. The minimum Gasteiger partial charge on any atom is -0.480 e. The number of nitrogens with zero attached hydrogens (tertiary/aromatic N) is 1. The van der Waals surface area contributed by atoms with E-state index in [2.05, 4.69) is 5.32 Å². The molecule has 5 nitrogen and oxygen atoms in total. The van der Waals surface area contributed by atoms with Crippen LogP contribution >= 0.6 is 0 Å². The van der Waals surface area contributed by atoms with Crippen LogP contribution in [0.4, 0.5) is 5.69 Å². The normalized spacial score (nSPS) is 12.2. The van der Waals surface area contributed by atoms with Gasteiger partial charge in [0, 0.05) is 25.9 Å². The zero-order chi connectivity index (χ0) is 15.1. The van der Waals surface area contributed by atoms with Crippen LogP contribution in [0.2, 0.25) is 0 Å². The van der Waals surface area contributed by atoms with Gasteiger partial charge in [-0.1, -0.05) is 19.1 Å². The maximum Gasteiger partial charge on any atom is 0.326 e. The monoisotopic (exact) mass is 276 g/mol. The summed E-state index contributed by atoms with van der Waals surface area (Å²) in [4.78, 5) is 24.4. The number of carbonyl (C=O) groups is 2. The van der Waals surface area contributed by atoms with Gasteiger partial charge in [-0.3, -0.25) is 4.79 Å². The van der Waals surface area contributed by atoms with Crippen molar-refractivity contribution in [3.8, 4) is 0 Å². The highest BCUT2D eigenvalue weighted by Crippen LogP contribution is 2.13. The van der Waals surface area contributed by atoms with E-state index in [1.807, 2.05) is 43.3 Å². The molecule has 0 bridgehead atoms. The zero-order valence-corrected chi connectivity index (χ0v) is 12.0. The first kappa shape index (κ1) is 15.8. The van der Waals surface area contributed by atoms with Gasteiger partial charge in [0.25, 0.3) is 0 Å². The van der Waals surface area contributed by atoms with Crippen molar-refractivity contribution in [2.24, 2.45) is 0 Å². The third-order valence-electron chi connectivity index (χ3n) is 2.86. The van der Waals surface area contributed by atoms with E-state index in [1.54, 1.807) is 13.0 Å². The van der Waals surface area contributed by atoms with E-state index in [4.69, 9.17) is 5.11 Å². The number of amides is 1. The molecule has 0 spiro atoms. The van der Waals surface area contributed by atoms with E-state index in [9.17, 15) is 9.59 Å². The lowest BCUT2D eigenvalue weighted by atomic mass is 10.2. The molecule has 0 heterocycles. The van der Waals surface area contributed by atoms with Crippen molar-refractivity contribution >= 4 is 23.6 Å². The van der Waals surface area contributed by atoms with Gasteiger partial charge < -0.3 is 15.3 Å². The van der Waals surface area contributed by atoms with Crippen molar-refractivity contribution < 1.29 is 14.7 Å². The Hall–Kier alpha value is -2.30. The second-order valence-corrected chi connectivity index (χ2v) is 4.63. The van der Waals surface area contributed by atoms with E-state index >= 15 is 0 Å². The molecule has 0 aliphatic heterocycles. The summed E-state index contributed by atoms with van der Waals surface area (Å²) in [6.07, 6.45) is 3.35. The molecule has 1 amide bonds. The fraction of sp³-hybridized carbons (Fsp3) is 0.333. The molecule has 1 aromatic rings. The Labute approximate surface area is 118 Å². The number of benzene rings is 1.